The summed E-state index contributed by atoms with van der Waals surface area (Å²) in [5, 5.41) is 14.3. The molecular weight excluding hydrogens is 258 g/mol. The number of hydrogen-bond acceptors (Lipinski definition) is 4. The van der Waals surface area contributed by atoms with Crippen molar-refractivity contribution in [2.45, 2.75) is 6.54 Å². The average molecular weight is 266 g/mol. The molecule has 1 heterocycles. The molecule has 86 valence electrons. The van der Waals surface area contributed by atoms with E-state index in [4.69, 9.17) is 16.9 Å². The summed E-state index contributed by atoms with van der Waals surface area (Å²) in [6, 6.07) is 7.08. The summed E-state index contributed by atoms with van der Waals surface area (Å²) in [4.78, 5) is 13.5. The van der Waals surface area contributed by atoms with E-state index in [0.29, 0.717) is 22.8 Å². The molecule has 1 aromatic carbocycles. The molecule has 2 N–H and O–H groups in total. The standard InChI is InChI=1S/C11H8ClN3OS/c12-8-2-1-7(4-13)10(3-8)14-5-9-6-17-11(16)15-9/h1-3,6,14H,5H2,(H,15,16). The summed E-state index contributed by atoms with van der Waals surface area (Å²) < 4.78 is 0. The number of halogens is 1. The van der Waals surface area contributed by atoms with Gasteiger partial charge in [0.05, 0.1) is 17.8 Å². The molecule has 2 aromatic rings. The van der Waals surface area contributed by atoms with Crippen molar-refractivity contribution in [3.63, 3.8) is 0 Å². The molecule has 17 heavy (non-hydrogen) atoms. The van der Waals surface area contributed by atoms with Gasteiger partial charge in [0.25, 0.3) is 0 Å². The van der Waals surface area contributed by atoms with Gasteiger partial charge in [0, 0.05) is 16.1 Å². The summed E-state index contributed by atoms with van der Waals surface area (Å²) in [7, 11) is 0. The van der Waals surface area contributed by atoms with Gasteiger partial charge in [-0.3, -0.25) is 4.79 Å². The van der Waals surface area contributed by atoms with Crippen molar-refractivity contribution in [1.82, 2.24) is 4.98 Å². The average Bonchev–Trinajstić information content (AvgIpc) is 2.73. The van der Waals surface area contributed by atoms with Crippen LogP contribution in [0.25, 0.3) is 0 Å². The highest BCUT2D eigenvalue weighted by molar-refractivity contribution is 7.07. The number of anilines is 1. The lowest BCUT2D eigenvalue weighted by molar-refractivity contribution is 1.06. The number of rotatable bonds is 3. The van der Waals surface area contributed by atoms with Gasteiger partial charge >= 0.3 is 4.87 Å². The molecule has 0 saturated heterocycles. The predicted molar refractivity (Wildman–Crippen MR) is 68.4 cm³/mol. The fraction of sp³-hybridized carbons (Fsp3) is 0.0909. The molecule has 0 aliphatic rings. The van der Waals surface area contributed by atoms with E-state index in [1.54, 1.807) is 23.6 Å². The SMILES string of the molecule is N#Cc1ccc(Cl)cc1NCc1csc(=O)[nH]1. The first kappa shape index (κ1) is 11.7. The highest BCUT2D eigenvalue weighted by atomic mass is 35.5. The Labute approximate surface area is 106 Å². The van der Waals surface area contributed by atoms with Crippen LogP contribution in [0.2, 0.25) is 5.02 Å². The number of H-pyrrole nitrogens is 1. The first-order valence-electron chi connectivity index (χ1n) is 4.79. The molecule has 0 fully saturated rings. The third-order valence-corrected chi connectivity index (χ3v) is 3.10. The molecule has 0 amide bonds. The first-order valence-corrected chi connectivity index (χ1v) is 6.05. The van der Waals surface area contributed by atoms with Crippen LogP contribution in [0.5, 0.6) is 0 Å². The second-order valence-electron chi connectivity index (χ2n) is 3.33. The molecule has 0 saturated carbocycles. The van der Waals surface area contributed by atoms with Crippen LogP contribution >= 0.6 is 22.9 Å². The maximum Gasteiger partial charge on any atom is 0.304 e. The molecule has 0 aliphatic heterocycles. The van der Waals surface area contributed by atoms with E-state index in [2.05, 4.69) is 16.4 Å². The summed E-state index contributed by atoms with van der Waals surface area (Å²) in [5.74, 6) is 0. The number of nitrogens with one attached hydrogen (secondary N) is 2. The zero-order valence-electron chi connectivity index (χ0n) is 8.66. The van der Waals surface area contributed by atoms with Crippen LogP contribution in [-0.4, -0.2) is 4.98 Å². The number of benzene rings is 1. The Morgan fingerprint density at radius 1 is 1.53 bits per heavy atom. The van der Waals surface area contributed by atoms with E-state index in [1.165, 1.54) is 0 Å². The van der Waals surface area contributed by atoms with Gasteiger partial charge in [0.2, 0.25) is 0 Å². The van der Waals surface area contributed by atoms with Crippen molar-refractivity contribution >= 4 is 28.6 Å². The second kappa shape index (κ2) is 5.04. The Hall–Kier alpha value is -1.77. The monoisotopic (exact) mass is 265 g/mol. The first-order chi connectivity index (χ1) is 8.19. The molecule has 6 heteroatoms. The maximum atomic E-state index is 10.9. The Bertz CT molecular complexity index is 626. The fourth-order valence-electron chi connectivity index (χ4n) is 1.35. The lowest BCUT2D eigenvalue weighted by atomic mass is 10.2. The van der Waals surface area contributed by atoms with E-state index in [0.717, 1.165) is 17.0 Å². The van der Waals surface area contributed by atoms with Gasteiger partial charge in [-0.15, -0.1) is 0 Å². The van der Waals surface area contributed by atoms with Gasteiger partial charge < -0.3 is 10.3 Å². The minimum Gasteiger partial charge on any atom is -0.378 e. The van der Waals surface area contributed by atoms with Crippen molar-refractivity contribution in [2.24, 2.45) is 0 Å². The largest absolute Gasteiger partial charge is 0.378 e. The van der Waals surface area contributed by atoms with E-state index in [9.17, 15) is 4.79 Å². The molecule has 1 aromatic heterocycles. The van der Waals surface area contributed by atoms with Gasteiger partial charge in [-0.25, -0.2) is 0 Å². The summed E-state index contributed by atoms with van der Waals surface area (Å²) in [5.41, 5.74) is 1.96. The summed E-state index contributed by atoms with van der Waals surface area (Å²) in [6.45, 7) is 0.452. The highest BCUT2D eigenvalue weighted by Gasteiger charge is 2.03. The van der Waals surface area contributed by atoms with E-state index in [1.807, 2.05) is 0 Å². The Morgan fingerprint density at radius 3 is 3.00 bits per heavy atom. The van der Waals surface area contributed by atoms with Gasteiger partial charge in [-0.2, -0.15) is 5.26 Å². The van der Waals surface area contributed by atoms with Gasteiger partial charge in [0.15, 0.2) is 0 Å². The molecule has 0 radical (unpaired) electrons. The zero-order chi connectivity index (χ0) is 12.3. The third-order valence-electron chi connectivity index (χ3n) is 2.14. The van der Waals surface area contributed by atoms with Crippen LogP contribution in [0.1, 0.15) is 11.3 Å². The number of nitriles is 1. The van der Waals surface area contributed by atoms with Crippen LogP contribution in [0.15, 0.2) is 28.4 Å². The van der Waals surface area contributed by atoms with Crippen molar-refractivity contribution in [2.75, 3.05) is 5.32 Å². The Kier molecular flexibility index (Phi) is 3.47. The lowest BCUT2D eigenvalue weighted by Gasteiger charge is -2.07. The number of thiazole rings is 1. The fourth-order valence-corrected chi connectivity index (χ4v) is 2.10. The molecule has 2 rings (SSSR count). The van der Waals surface area contributed by atoms with Crippen molar-refractivity contribution in [3.05, 3.63) is 49.5 Å². The molecule has 0 atom stereocenters. The maximum absolute atomic E-state index is 10.9. The van der Waals surface area contributed by atoms with Crippen molar-refractivity contribution in [3.8, 4) is 6.07 Å². The van der Waals surface area contributed by atoms with E-state index >= 15 is 0 Å². The number of aromatic amines is 1. The molecule has 0 unspecified atom stereocenters. The van der Waals surface area contributed by atoms with Crippen LogP contribution in [0, 0.1) is 11.3 Å². The lowest BCUT2D eigenvalue weighted by Crippen LogP contribution is -2.04. The van der Waals surface area contributed by atoms with Crippen LogP contribution < -0.4 is 10.2 Å². The summed E-state index contributed by atoms with van der Waals surface area (Å²) in [6.07, 6.45) is 0. The number of hydrogen-bond donors (Lipinski definition) is 2. The number of aromatic nitrogens is 1. The Morgan fingerprint density at radius 2 is 2.35 bits per heavy atom. The van der Waals surface area contributed by atoms with E-state index in [-0.39, 0.29) is 4.87 Å². The number of nitrogens with zero attached hydrogens (tertiary/aromatic N) is 1. The molecular formula is C11H8ClN3OS. The quantitative estimate of drug-likeness (QED) is 0.896. The van der Waals surface area contributed by atoms with Crippen LogP contribution in [-0.2, 0) is 6.54 Å². The molecule has 0 aliphatic carbocycles. The topological polar surface area (TPSA) is 68.7 Å². The molecule has 0 bridgehead atoms. The van der Waals surface area contributed by atoms with E-state index < -0.39 is 0 Å². The van der Waals surface area contributed by atoms with Crippen molar-refractivity contribution < 1.29 is 0 Å². The van der Waals surface area contributed by atoms with Crippen LogP contribution in [0.4, 0.5) is 5.69 Å². The smallest absolute Gasteiger partial charge is 0.304 e. The zero-order valence-corrected chi connectivity index (χ0v) is 10.2. The third kappa shape index (κ3) is 2.87. The van der Waals surface area contributed by atoms with Gasteiger partial charge in [0.1, 0.15) is 6.07 Å². The summed E-state index contributed by atoms with van der Waals surface area (Å²) >= 11 is 6.96. The minimum atomic E-state index is -0.0894. The van der Waals surface area contributed by atoms with Crippen molar-refractivity contribution in [1.29, 1.82) is 5.26 Å². The molecule has 4 nitrogen and oxygen atoms in total. The predicted octanol–water partition coefficient (Wildman–Crippen LogP) is 2.57. The normalized spacial score (nSPS) is 9.88. The van der Waals surface area contributed by atoms with Crippen LogP contribution in [0.3, 0.4) is 0 Å². The Balaban J connectivity index is 2.16. The molecule has 0 spiro atoms. The second-order valence-corrected chi connectivity index (χ2v) is 4.61. The highest BCUT2D eigenvalue weighted by Crippen LogP contribution is 2.20. The van der Waals surface area contributed by atoms with Gasteiger partial charge in [-0.05, 0) is 18.2 Å². The van der Waals surface area contributed by atoms with Gasteiger partial charge in [-0.1, -0.05) is 22.9 Å². The minimum absolute atomic E-state index is 0.0894.